The fraction of sp³-hybridized carbons (Fsp3) is 0.450. The summed E-state index contributed by atoms with van der Waals surface area (Å²) in [5.74, 6) is 0. The molecule has 228 valence electrons. The van der Waals surface area contributed by atoms with E-state index in [1.165, 1.54) is 39.0 Å². The zero-order valence-electron chi connectivity index (χ0n) is 28.0. The summed E-state index contributed by atoms with van der Waals surface area (Å²) < 4.78 is 6.46. The number of ether oxygens (including phenoxy) is 1. The van der Waals surface area contributed by atoms with Crippen LogP contribution in [0.3, 0.4) is 0 Å². The van der Waals surface area contributed by atoms with Gasteiger partial charge in [0.05, 0.1) is 17.8 Å². The molecule has 1 saturated carbocycles. The smallest absolute Gasteiger partial charge is 0.0982 e. The molecule has 0 saturated heterocycles. The van der Waals surface area contributed by atoms with E-state index in [2.05, 4.69) is 160 Å². The van der Waals surface area contributed by atoms with Crippen molar-refractivity contribution < 1.29 is 9.84 Å². The number of aliphatic hydroxyl groups is 1. The van der Waals surface area contributed by atoms with Gasteiger partial charge in [-0.3, -0.25) is 0 Å². The predicted octanol–water partition coefficient (Wildman–Crippen LogP) is 11.0. The highest BCUT2D eigenvalue weighted by atomic mass is 16.5. The summed E-state index contributed by atoms with van der Waals surface area (Å²) in [5, 5.41) is 10.4. The molecule has 3 unspecified atom stereocenters. The van der Waals surface area contributed by atoms with Crippen molar-refractivity contribution in [3.63, 3.8) is 0 Å². The Bertz CT molecular complexity index is 1260. The van der Waals surface area contributed by atoms with Gasteiger partial charge in [-0.25, -0.2) is 0 Å². The van der Waals surface area contributed by atoms with Crippen molar-refractivity contribution in [3.8, 4) is 0 Å². The van der Waals surface area contributed by atoms with Gasteiger partial charge in [-0.2, -0.15) is 0 Å². The Morgan fingerprint density at radius 3 is 1.86 bits per heavy atom. The molecule has 1 heterocycles. The number of allylic oxidation sites excluding steroid dienone is 19. The molecule has 0 bridgehead atoms. The van der Waals surface area contributed by atoms with Crippen LogP contribution in [0, 0.1) is 5.41 Å². The minimum Gasteiger partial charge on any atom is -0.393 e. The second-order valence-electron chi connectivity index (χ2n) is 13.2. The van der Waals surface area contributed by atoms with Gasteiger partial charge < -0.3 is 9.84 Å². The van der Waals surface area contributed by atoms with Gasteiger partial charge in [0.2, 0.25) is 0 Å². The first-order valence-electron chi connectivity index (χ1n) is 15.5. The van der Waals surface area contributed by atoms with Crippen molar-refractivity contribution in [2.45, 2.75) is 113 Å². The predicted molar refractivity (Wildman–Crippen MR) is 184 cm³/mol. The maximum absolute atomic E-state index is 10.4. The van der Waals surface area contributed by atoms with Gasteiger partial charge in [-0.1, -0.05) is 127 Å². The summed E-state index contributed by atoms with van der Waals surface area (Å²) in [7, 11) is 0. The largest absolute Gasteiger partial charge is 0.393 e. The van der Waals surface area contributed by atoms with E-state index < -0.39 is 0 Å². The standard InChI is InChI=1S/C40H56O2/c1-30(2)17-13-20-33(5)22-15-24-34(6)23-14-21-31(3)18-11-12-19-32(4)25-16-26-35(7)37-27-38-39(8,9)28-36(41)29-40(38,10)42-37/h11-12,14-19,21-27,36-37,41H,13,20,28-29H2,1-10H3. The lowest BCUT2D eigenvalue weighted by molar-refractivity contribution is -0.0683. The van der Waals surface area contributed by atoms with Gasteiger partial charge in [0, 0.05) is 6.42 Å². The molecule has 2 aliphatic rings. The van der Waals surface area contributed by atoms with Gasteiger partial charge >= 0.3 is 0 Å². The van der Waals surface area contributed by atoms with Crippen LogP contribution in [0.2, 0.25) is 0 Å². The first-order valence-corrected chi connectivity index (χ1v) is 15.5. The summed E-state index contributed by atoms with van der Waals surface area (Å²) in [6.07, 6.45) is 35.5. The number of fused-ring (bicyclic) bond motifs is 1. The summed E-state index contributed by atoms with van der Waals surface area (Å²) in [6, 6.07) is 0. The van der Waals surface area contributed by atoms with Gasteiger partial charge in [-0.05, 0) is 97.3 Å². The number of hydrogen-bond acceptors (Lipinski definition) is 2. The molecule has 42 heavy (non-hydrogen) atoms. The summed E-state index contributed by atoms with van der Waals surface area (Å²) in [4.78, 5) is 0. The zero-order valence-corrected chi connectivity index (χ0v) is 28.0. The van der Waals surface area contributed by atoms with Crippen LogP contribution in [0.4, 0.5) is 0 Å². The normalized spacial score (nSPS) is 26.2. The fourth-order valence-electron chi connectivity index (χ4n) is 5.67. The average molecular weight is 569 g/mol. The molecular formula is C40H56O2. The van der Waals surface area contributed by atoms with Crippen molar-refractivity contribution in [1.29, 1.82) is 0 Å². The first-order chi connectivity index (χ1) is 19.7. The minimum absolute atomic E-state index is 0.0390. The molecule has 2 nitrogen and oxygen atoms in total. The lowest BCUT2D eigenvalue weighted by Gasteiger charge is -2.44. The Morgan fingerprint density at radius 2 is 1.29 bits per heavy atom. The highest BCUT2D eigenvalue weighted by molar-refractivity contribution is 5.37. The van der Waals surface area contributed by atoms with Crippen molar-refractivity contribution in [2.75, 3.05) is 0 Å². The Morgan fingerprint density at radius 1 is 0.762 bits per heavy atom. The quantitative estimate of drug-likeness (QED) is 0.187. The molecular weight excluding hydrogens is 512 g/mol. The molecule has 0 aromatic heterocycles. The second kappa shape index (κ2) is 16.6. The van der Waals surface area contributed by atoms with E-state index in [9.17, 15) is 5.11 Å². The van der Waals surface area contributed by atoms with Crippen LogP contribution in [-0.4, -0.2) is 22.9 Å². The van der Waals surface area contributed by atoms with E-state index in [4.69, 9.17) is 4.74 Å². The van der Waals surface area contributed by atoms with E-state index in [0.29, 0.717) is 6.42 Å². The molecule has 1 aliphatic heterocycles. The van der Waals surface area contributed by atoms with E-state index in [-0.39, 0.29) is 23.2 Å². The molecule has 1 aliphatic carbocycles. The van der Waals surface area contributed by atoms with Crippen LogP contribution in [-0.2, 0) is 4.74 Å². The Hall–Kier alpha value is -2.94. The highest BCUT2D eigenvalue weighted by Gasteiger charge is 2.50. The summed E-state index contributed by atoms with van der Waals surface area (Å²) in [5.41, 5.74) is 8.48. The molecule has 0 aromatic carbocycles. The van der Waals surface area contributed by atoms with Gasteiger partial charge in [-0.15, -0.1) is 0 Å². The third kappa shape index (κ3) is 12.1. The van der Waals surface area contributed by atoms with Crippen LogP contribution in [0.15, 0.2) is 130 Å². The second-order valence-corrected chi connectivity index (χ2v) is 13.2. The fourth-order valence-corrected chi connectivity index (χ4v) is 5.67. The van der Waals surface area contributed by atoms with Gasteiger partial charge in [0.25, 0.3) is 0 Å². The van der Waals surface area contributed by atoms with Gasteiger partial charge in [0.15, 0.2) is 0 Å². The van der Waals surface area contributed by atoms with Crippen LogP contribution in [0.5, 0.6) is 0 Å². The molecule has 0 aromatic rings. The maximum Gasteiger partial charge on any atom is 0.0982 e. The number of aliphatic hydroxyl groups excluding tert-OH is 1. The maximum atomic E-state index is 10.4. The Labute approximate surface area is 257 Å². The molecule has 0 radical (unpaired) electrons. The van der Waals surface area contributed by atoms with Crippen molar-refractivity contribution in [2.24, 2.45) is 5.41 Å². The number of rotatable bonds is 12. The SMILES string of the molecule is CC(C)=CCCC(C)=CC=CC(C)=CC=CC(C)=CC=CC=C(C)C=CC=C(C)C1C=C2C(C)(C)CC(O)CC2(C)O1. The number of hydrogen-bond donors (Lipinski definition) is 1. The van der Waals surface area contributed by atoms with Crippen LogP contribution < -0.4 is 0 Å². The molecule has 2 heteroatoms. The highest BCUT2D eigenvalue weighted by Crippen LogP contribution is 2.52. The summed E-state index contributed by atoms with van der Waals surface area (Å²) in [6.45, 7) is 21.5. The Kier molecular flexibility index (Phi) is 14.0. The third-order valence-electron chi connectivity index (χ3n) is 7.92. The van der Waals surface area contributed by atoms with Crippen LogP contribution in [0.25, 0.3) is 0 Å². The van der Waals surface area contributed by atoms with Crippen LogP contribution >= 0.6 is 0 Å². The van der Waals surface area contributed by atoms with E-state index in [1.54, 1.807) is 0 Å². The zero-order chi connectivity index (χ0) is 31.3. The molecule has 1 N–H and O–H groups in total. The minimum atomic E-state index is -0.375. The monoisotopic (exact) mass is 568 g/mol. The molecule has 2 rings (SSSR count). The average Bonchev–Trinajstić information content (AvgIpc) is 3.24. The van der Waals surface area contributed by atoms with Crippen molar-refractivity contribution in [3.05, 3.63) is 130 Å². The van der Waals surface area contributed by atoms with Crippen molar-refractivity contribution in [1.82, 2.24) is 0 Å². The van der Waals surface area contributed by atoms with Gasteiger partial charge in [0.1, 0.15) is 0 Å². The lowest BCUT2D eigenvalue weighted by atomic mass is 9.65. The topological polar surface area (TPSA) is 29.5 Å². The lowest BCUT2D eigenvalue weighted by Crippen LogP contribution is -2.45. The third-order valence-corrected chi connectivity index (χ3v) is 7.92. The van der Waals surface area contributed by atoms with Crippen LogP contribution in [0.1, 0.15) is 94.9 Å². The van der Waals surface area contributed by atoms with E-state index in [0.717, 1.165) is 19.3 Å². The van der Waals surface area contributed by atoms with E-state index in [1.807, 2.05) is 0 Å². The summed E-state index contributed by atoms with van der Waals surface area (Å²) >= 11 is 0. The van der Waals surface area contributed by atoms with E-state index >= 15 is 0 Å². The molecule has 3 atom stereocenters. The molecule has 0 amide bonds. The Balaban J connectivity index is 1.86. The molecule has 1 fully saturated rings. The molecule has 0 spiro atoms. The first kappa shape index (κ1) is 35.3. The van der Waals surface area contributed by atoms with Crippen molar-refractivity contribution >= 4 is 0 Å².